The smallest absolute Gasteiger partial charge is 0.261 e. The molecule has 0 saturated heterocycles. The minimum absolute atomic E-state index is 0.0505. The lowest BCUT2D eigenvalue weighted by atomic mass is 10.1. The number of nitrogen functional groups attached to an aromatic ring is 1. The Morgan fingerprint density at radius 1 is 1.06 bits per heavy atom. The molecule has 0 bridgehead atoms. The molecule has 0 aliphatic heterocycles. The minimum Gasteiger partial charge on any atom is -0.508 e. The molecule has 0 amide bonds. The third-order valence-electron chi connectivity index (χ3n) is 5.34. The van der Waals surface area contributed by atoms with Crippen molar-refractivity contribution < 1.29 is 14.6 Å². The molecule has 2 heterocycles. The number of phenols is 1. The fourth-order valence-electron chi connectivity index (χ4n) is 3.79. The van der Waals surface area contributed by atoms with E-state index in [1.54, 1.807) is 25.3 Å². The summed E-state index contributed by atoms with van der Waals surface area (Å²) in [5.74, 6) is 1.99. The van der Waals surface area contributed by atoms with Crippen LogP contribution < -0.4 is 20.8 Å². The van der Waals surface area contributed by atoms with E-state index in [1.807, 2.05) is 43.3 Å². The van der Waals surface area contributed by atoms with Gasteiger partial charge in [-0.15, -0.1) is 0 Å². The van der Waals surface area contributed by atoms with Gasteiger partial charge < -0.3 is 25.3 Å². The number of aromatic hydroxyl groups is 1. The van der Waals surface area contributed by atoms with E-state index in [0.717, 1.165) is 5.56 Å². The zero-order chi connectivity index (χ0) is 22.4. The maximum absolute atomic E-state index is 12.7. The van der Waals surface area contributed by atoms with Crippen LogP contribution in [-0.2, 0) is 0 Å². The Morgan fingerprint density at radius 2 is 1.84 bits per heavy atom. The molecule has 4 N–H and O–H groups in total. The van der Waals surface area contributed by atoms with Gasteiger partial charge in [-0.25, -0.2) is 4.68 Å². The summed E-state index contributed by atoms with van der Waals surface area (Å²) in [6.45, 7) is 1.90. The van der Waals surface area contributed by atoms with Crippen LogP contribution in [0.2, 0.25) is 0 Å². The number of fused-ring (bicyclic) bond motifs is 3. The van der Waals surface area contributed by atoms with Crippen LogP contribution in [0.25, 0.3) is 27.5 Å². The molecule has 0 atom stereocenters. The van der Waals surface area contributed by atoms with Gasteiger partial charge in [0.25, 0.3) is 5.56 Å². The predicted molar refractivity (Wildman–Crippen MR) is 123 cm³/mol. The molecule has 0 aliphatic rings. The monoisotopic (exact) mass is 428 g/mol. The van der Waals surface area contributed by atoms with E-state index in [9.17, 15) is 9.90 Å². The molecule has 0 radical (unpaired) electrons. The number of anilines is 1. The summed E-state index contributed by atoms with van der Waals surface area (Å²) < 4.78 is 13.1. The zero-order valence-corrected chi connectivity index (χ0v) is 17.4. The lowest BCUT2D eigenvalue weighted by Crippen LogP contribution is -2.09. The van der Waals surface area contributed by atoms with Crippen molar-refractivity contribution in [2.45, 2.75) is 6.92 Å². The first-order valence-electron chi connectivity index (χ1n) is 9.91. The van der Waals surface area contributed by atoms with Crippen LogP contribution in [0.3, 0.4) is 0 Å². The van der Waals surface area contributed by atoms with Crippen molar-refractivity contribution in [3.8, 4) is 28.7 Å². The number of nitrogens with one attached hydrogen (secondary N) is 1. The maximum atomic E-state index is 12.7. The highest BCUT2D eigenvalue weighted by molar-refractivity contribution is 6.07. The van der Waals surface area contributed by atoms with Gasteiger partial charge >= 0.3 is 0 Å². The van der Waals surface area contributed by atoms with Crippen LogP contribution in [0.15, 0.2) is 65.5 Å². The van der Waals surface area contributed by atoms with Gasteiger partial charge in [0.1, 0.15) is 28.2 Å². The number of pyridine rings is 1. The first-order valence-corrected chi connectivity index (χ1v) is 9.91. The highest BCUT2D eigenvalue weighted by atomic mass is 16.5. The van der Waals surface area contributed by atoms with Gasteiger partial charge in [0.05, 0.1) is 18.3 Å². The summed E-state index contributed by atoms with van der Waals surface area (Å²) in [4.78, 5) is 15.5. The summed E-state index contributed by atoms with van der Waals surface area (Å²) >= 11 is 0. The third-order valence-corrected chi connectivity index (χ3v) is 5.34. The Morgan fingerprint density at radius 3 is 2.59 bits per heavy atom. The standard InChI is InChI=1S/C24H20N4O4/c1-13-10-20(32-15-6-4-3-5-7-15)19(31-2)12-18(13)28-23(25)21-22(27-28)16-9-8-14(29)11-17(16)26-24(21)30/h3-12,29H,25H2,1-2H3,(H,26,30). The molecule has 0 fully saturated rings. The van der Waals surface area contributed by atoms with Crippen molar-refractivity contribution in [3.63, 3.8) is 0 Å². The summed E-state index contributed by atoms with van der Waals surface area (Å²) in [6, 6.07) is 17.7. The lowest BCUT2D eigenvalue weighted by Gasteiger charge is -2.15. The number of nitrogens with two attached hydrogens (primary N) is 1. The average molecular weight is 428 g/mol. The molecule has 32 heavy (non-hydrogen) atoms. The normalized spacial score (nSPS) is 11.2. The number of benzene rings is 3. The first-order chi connectivity index (χ1) is 15.5. The van der Waals surface area contributed by atoms with Crippen molar-refractivity contribution in [1.29, 1.82) is 0 Å². The summed E-state index contributed by atoms with van der Waals surface area (Å²) in [5.41, 5.74) is 8.41. The van der Waals surface area contributed by atoms with Crippen LogP contribution >= 0.6 is 0 Å². The Bertz CT molecular complexity index is 1540. The van der Waals surface area contributed by atoms with Gasteiger partial charge in [0.15, 0.2) is 11.5 Å². The topological polar surface area (TPSA) is 115 Å². The van der Waals surface area contributed by atoms with E-state index in [1.165, 1.54) is 10.7 Å². The summed E-state index contributed by atoms with van der Waals surface area (Å²) in [7, 11) is 1.56. The largest absolute Gasteiger partial charge is 0.508 e. The number of para-hydroxylation sites is 1. The predicted octanol–water partition coefficient (Wildman–Crippen LogP) is 4.26. The molecule has 5 rings (SSSR count). The lowest BCUT2D eigenvalue weighted by molar-refractivity contribution is 0.378. The molecule has 160 valence electrons. The summed E-state index contributed by atoms with van der Waals surface area (Å²) in [6.07, 6.45) is 0. The van der Waals surface area contributed by atoms with Gasteiger partial charge in [-0.2, -0.15) is 5.10 Å². The van der Waals surface area contributed by atoms with Gasteiger partial charge in [-0.3, -0.25) is 4.79 Å². The fourth-order valence-corrected chi connectivity index (χ4v) is 3.79. The van der Waals surface area contributed by atoms with Crippen LogP contribution in [0.4, 0.5) is 5.82 Å². The Balaban J connectivity index is 1.70. The first kappa shape index (κ1) is 19.5. The van der Waals surface area contributed by atoms with Gasteiger partial charge in [0, 0.05) is 17.5 Å². The molecule has 5 aromatic rings. The molecule has 0 unspecified atom stereocenters. The number of aromatic nitrogens is 3. The molecule has 3 aromatic carbocycles. The van der Waals surface area contributed by atoms with Crippen molar-refractivity contribution in [2.24, 2.45) is 0 Å². The van der Waals surface area contributed by atoms with Crippen molar-refractivity contribution in [3.05, 3.63) is 76.6 Å². The summed E-state index contributed by atoms with van der Waals surface area (Å²) in [5, 5.41) is 15.4. The highest BCUT2D eigenvalue weighted by Crippen LogP contribution is 2.37. The number of H-pyrrole nitrogens is 1. The molecular weight excluding hydrogens is 408 g/mol. The van der Waals surface area contributed by atoms with E-state index in [4.69, 9.17) is 15.2 Å². The van der Waals surface area contributed by atoms with Gasteiger partial charge in [-0.05, 0) is 42.8 Å². The number of rotatable bonds is 4. The van der Waals surface area contributed by atoms with Crippen LogP contribution in [0.5, 0.6) is 23.0 Å². The van der Waals surface area contributed by atoms with Crippen LogP contribution in [-0.4, -0.2) is 27.0 Å². The van der Waals surface area contributed by atoms with E-state index in [0.29, 0.717) is 39.4 Å². The van der Waals surface area contributed by atoms with E-state index in [2.05, 4.69) is 10.1 Å². The van der Waals surface area contributed by atoms with Crippen molar-refractivity contribution >= 4 is 27.6 Å². The van der Waals surface area contributed by atoms with E-state index < -0.39 is 0 Å². The van der Waals surface area contributed by atoms with E-state index >= 15 is 0 Å². The number of hydrogen-bond acceptors (Lipinski definition) is 6. The number of aryl methyl sites for hydroxylation is 1. The number of aromatic amines is 1. The second-order valence-corrected chi connectivity index (χ2v) is 7.41. The van der Waals surface area contributed by atoms with Crippen molar-refractivity contribution in [1.82, 2.24) is 14.8 Å². The number of nitrogens with zero attached hydrogens (tertiary/aromatic N) is 2. The van der Waals surface area contributed by atoms with E-state index in [-0.39, 0.29) is 22.5 Å². The number of methoxy groups -OCH3 is 1. The van der Waals surface area contributed by atoms with Crippen molar-refractivity contribution in [2.75, 3.05) is 12.8 Å². The molecule has 2 aromatic heterocycles. The molecule has 8 nitrogen and oxygen atoms in total. The minimum atomic E-state index is -0.379. The number of hydrogen-bond donors (Lipinski definition) is 3. The SMILES string of the molecule is COc1cc(-n2nc3c(c2N)c(=O)[nH]c2cc(O)ccc23)c(C)cc1Oc1ccccc1. The quantitative estimate of drug-likeness (QED) is 0.394. The van der Waals surface area contributed by atoms with Crippen LogP contribution in [0, 0.1) is 6.92 Å². The number of phenolic OH excluding ortho intramolecular Hbond substituents is 1. The molecule has 0 aliphatic carbocycles. The highest BCUT2D eigenvalue weighted by Gasteiger charge is 2.19. The molecule has 8 heteroatoms. The molecule has 0 saturated carbocycles. The second-order valence-electron chi connectivity index (χ2n) is 7.41. The second kappa shape index (κ2) is 7.35. The third kappa shape index (κ3) is 3.09. The van der Waals surface area contributed by atoms with Gasteiger partial charge in [-0.1, -0.05) is 18.2 Å². The molecular formula is C24H20N4O4. The van der Waals surface area contributed by atoms with Crippen LogP contribution in [0.1, 0.15) is 5.56 Å². The molecule has 0 spiro atoms. The zero-order valence-electron chi connectivity index (χ0n) is 17.4. The Labute approximate surface area is 182 Å². The van der Waals surface area contributed by atoms with Gasteiger partial charge in [0.2, 0.25) is 0 Å². The Kier molecular flexibility index (Phi) is 4.48. The maximum Gasteiger partial charge on any atom is 0.261 e. The average Bonchev–Trinajstić information content (AvgIpc) is 3.12. The fraction of sp³-hybridized carbons (Fsp3) is 0.0833. The Hall–Kier alpha value is -4.46. The number of ether oxygens (including phenoxy) is 2.